The number of rotatable bonds is 9. The maximum atomic E-state index is 12.5. The van der Waals surface area contributed by atoms with Crippen molar-refractivity contribution in [2.75, 3.05) is 10.0 Å². The molecule has 0 radical (unpaired) electrons. The summed E-state index contributed by atoms with van der Waals surface area (Å²) in [5, 5.41) is 2.57. The number of anilines is 2. The van der Waals surface area contributed by atoms with Gasteiger partial charge in [-0.2, -0.15) is 0 Å². The number of thioether (sulfide) groups is 1. The van der Waals surface area contributed by atoms with Crippen LogP contribution in [-0.4, -0.2) is 29.5 Å². The SMILES string of the molecule is CCC(SCc1ccco1)C(=O)Nc1ccc(S(=O)(=O)Nc2ncccn2)cc1. The highest BCUT2D eigenvalue weighted by Gasteiger charge is 2.19. The molecule has 1 atom stereocenters. The minimum absolute atomic E-state index is 0.00995. The molecule has 152 valence electrons. The first-order valence-corrected chi connectivity index (χ1v) is 11.4. The summed E-state index contributed by atoms with van der Waals surface area (Å²) < 4.78 is 32.4. The quantitative estimate of drug-likeness (QED) is 0.532. The van der Waals surface area contributed by atoms with Gasteiger partial charge in [-0.05, 0) is 48.9 Å². The fraction of sp³-hybridized carbons (Fsp3) is 0.211. The first-order valence-electron chi connectivity index (χ1n) is 8.82. The highest BCUT2D eigenvalue weighted by molar-refractivity contribution is 7.99. The van der Waals surface area contributed by atoms with Crippen molar-refractivity contribution in [1.29, 1.82) is 0 Å². The molecule has 0 spiro atoms. The number of carbonyl (C=O) groups is 1. The lowest BCUT2D eigenvalue weighted by Gasteiger charge is -2.14. The lowest BCUT2D eigenvalue weighted by atomic mass is 10.3. The van der Waals surface area contributed by atoms with Crippen molar-refractivity contribution in [3.63, 3.8) is 0 Å². The fourth-order valence-corrected chi connectivity index (χ4v) is 4.36. The average molecular weight is 433 g/mol. The molecule has 10 heteroatoms. The predicted molar refractivity (Wildman–Crippen MR) is 112 cm³/mol. The van der Waals surface area contributed by atoms with Crippen molar-refractivity contribution in [2.45, 2.75) is 29.2 Å². The molecule has 2 N–H and O–H groups in total. The molecule has 0 aliphatic carbocycles. The molecule has 1 unspecified atom stereocenters. The molecule has 0 aliphatic heterocycles. The van der Waals surface area contributed by atoms with E-state index in [1.165, 1.54) is 36.3 Å². The van der Waals surface area contributed by atoms with Gasteiger partial charge in [0.1, 0.15) is 5.76 Å². The molecule has 3 rings (SSSR count). The van der Waals surface area contributed by atoms with Gasteiger partial charge in [-0.25, -0.2) is 23.1 Å². The summed E-state index contributed by atoms with van der Waals surface area (Å²) >= 11 is 1.49. The molecule has 0 fully saturated rings. The second-order valence-corrected chi connectivity index (χ2v) is 8.85. The number of nitrogens with one attached hydrogen (secondary N) is 2. The molecule has 1 aromatic carbocycles. The van der Waals surface area contributed by atoms with Gasteiger partial charge in [0, 0.05) is 18.1 Å². The third kappa shape index (κ3) is 5.81. The predicted octanol–water partition coefficient (Wildman–Crippen LogP) is 3.52. The molecule has 3 aromatic rings. The number of benzene rings is 1. The summed E-state index contributed by atoms with van der Waals surface area (Å²) in [6.07, 6.45) is 5.14. The largest absolute Gasteiger partial charge is 0.468 e. The van der Waals surface area contributed by atoms with E-state index >= 15 is 0 Å². The van der Waals surface area contributed by atoms with Gasteiger partial charge in [0.2, 0.25) is 11.9 Å². The Labute approximate surface area is 173 Å². The molecule has 0 saturated carbocycles. The van der Waals surface area contributed by atoms with Gasteiger partial charge >= 0.3 is 0 Å². The van der Waals surface area contributed by atoms with Crippen LogP contribution in [-0.2, 0) is 20.6 Å². The molecule has 0 saturated heterocycles. The zero-order chi connectivity index (χ0) is 20.7. The van der Waals surface area contributed by atoms with E-state index in [1.807, 2.05) is 19.1 Å². The highest BCUT2D eigenvalue weighted by atomic mass is 32.2. The molecule has 0 bridgehead atoms. The number of nitrogens with zero attached hydrogens (tertiary/aromatic N) is 2. The van der Waals surface area contributed by atoms with Crippen LogP contribution in [0, 0.1) is 0 Å². The Balaban J connectivity index is 1.61. The maximum absolute atomic E-state index is 12.5. The van der Waals surface area contributed by atoms with Gasteiger partial charge in [0.25, 0.3) is 10.0 Å². The minimum Gasteiger partial charge on any atom is -0.468 e. The normalized spacial score (nSPS) is 12.3. The van der Waals surface area contributed by atoms with Gasteiger partial charge in [0.05, 0.1) is 22.2 Å². The van der Waals surface area contributed by atoms with Crippen LogP contribution in [0.4, 0.5) is 11.6 Å². The number of furan rings is 1. The number of aromatic nitrogens is 2. The number of hydrogen-bond acceptors (Lipinski definition) is 7. The second kappa shape index (κ2) is 9.57. The smallest absolute Gasteiger partial charge is 0.264 e. The first kappa shape index (κ1) is 20.9. The zero-order valence-corrected chi connectivity index (χ0v) is 17.2. The molecule has 8 nitrogen and oxygen atoms in total. The van der Waals surface area contributed by atoms with Crippen molar-refractivity contribution in [3.05, 3.63) is 66.9 Å². The van der Waals surface area contributed by atoms with Crippen LogP contribution in [0.1, 0.15) is 19.1 Å². The van der Waals surface area contributed by atoms with E-state index in [9.17, 15) is 13.2 Å². The Kier molecular flexibility index (Phi) is 6.89. The Morgan fingerprint density at radius 2 is 1.86 bits per heavy atom. The maximum Gasteiger partial charge on any atom is 0.264 e. The Morgan fingerprint density at radius 1 is 1.14 bits per heavy atom. The topological polar surface area (TPSA) is 114 Å². The number of hydrogen-bond donors (Lipinski definition) is 2. The van der Waals surface area contributed by atoms with Crippen LogP contribution < -0.4 is 10.0 Å². The molecule has 29 heavy (non-hydrogen) atoms. The summed E-state index contributed by atoms with van der Waals surface area (Å²) in [7, 11) is -3.82. The number of amides is 1. The minimum atomic E-state index is -3.82. The van der Waals surface area contributed by atoms with Crippen LogP contribution in [0.25, 0.3) is 0 Å². The van der Waals surface area contributed by atoms with Crippen LogP contribution >= 0.6 is 11.8 Å². The van der Waals surface area contributed by atoms with Crippen molar-refractivity contribution in [3.8, 4) is 0 Å². The van der Waals surface area contributed by atoms with E-state index in [-0.39, 0.29) is 22.0 Å². The van der Waals surface area contributed by atoms with Crippen molar-refractivity contribution < 1.29 is 17.6 Å². The molecule has 1 amide bonds. The number of sulfonamides is 1. The summed E-state index contributed by atoms with van der Waals surface area (Å²) in [6.45, 7) is 1.94. The Hall–Kier alpha value is -2.85. The van der Waals surface area contributed by atoms with Gasteiger partial charge in [-0.1, -0.05) is 6.92 Å². The molecule has 0 aliphatic rings. The van der Waals surface area contributed by atoms with Gasteiger partial charge in [-0.15, -0.1) is 11.8 Å². The monoisotopic (exact) mass is 432 g/mol. The van der Waals surface area contributed by atoms with Crippen molar-refractivity contribution in [2.24, 2.45) is 0 Å². The summed E-state index contributed by atoms with van der Waals surface area (Å²) in [4.78, 5) is 20.2. The van der Waals surface area contributed by atoms with Crippen molar-refractivity contribution in [1.82, 2.24) is 9.97 Å². The first-order chi connectivity index (χ1) is 14.0. The van der Waals surface area contributed by atoms with E-state index in [0.29, 0.717) is 17.9 Å². The van der Waals surface area contributed by atoms with E-state index in [1.54, 1.807) is 24.5 Å². The molecular formula is C19H20N4O4S2. The van der Waals surface area contributed by atoms with E-state index < -0.39 is 10.0 Å². The van der Waals surface area contributed by atoms with Crippen LogP contribution in [0.2, 0.25) is 0 Å². The van der Waals surface area contributed by atoms with E-state index in [4.69, 9.17) is 4.42 Å². The third-order valence-electron chi connectivity index (χ3n) is 3.89. The molecular weight excluding hydrogens is 412 g/mol. The molecule has 2 aromatic heterocycles. The van der Waals surface area contributed by atoms with Gasteiger partial charge in [-0.3, -0.25) is 4.79 Å². The Morgan fingerprint density at radius 3 is 2.48 bits per heavy atom. The zero-order valence-electron chi connectivity index (χ0n) is 15.6. The lowest BCUT2D eigenvalue weighted by Crippen LogP contribution is -2.24. The highest BCUT2D eigenvalue weighted by Crippen LogP contribution is 2.23. The van der Waals surface area contributed by atoms with Crippen molar-refractivity contribution >= 4 is 39.3 Å². The fourth-order valence-electron chi connectivity index (χ4n) is 2.43. The van der Waals surface area contributed by atoms with Gasteiger partial charge in [0.15, 0.2) is 0 Å². The van der Waals surface area contributed by atoms with E-state index in [2.05, 4.69) is 20.0 Å². The van der Waals surface area contributed by atoms with Crippen LogP contribution in [0.3, 0.4) is 0 Å². The summed E-state index contributed by atoms with van der Waals surface area (Å²) in [6, 6.07) is 11.2. The molecule has 2 heterocycles. The average Bonchev–Trinajstić information content (AvgIpc) is 3.23. The standard InChI is InChI=1S/C19H20N4O4S2/c1-2-17(28-13-15-5-3-12-27-15)18(24)22-14-6-8-16(9-7-14)29(25,26)23-19-20-10-4-11-21-19/h3-12,17H,2,13H2,1H3,(H,22,24)(H,20,21,23). The lowest BCUT2D eigenvalue weighted by molar-refractivity contribution is -0.115. The summed E-state index contributed by atoms with van der Waals surface area (Å²) in [5.41, 5.74) is 0.516. The van der Waals surface area contributed by atoms with Crippen LogP contribution in [0.15, 0.2) is 70.4 Å². The number of carbonyl (C=O) groups excluding carboxylic acids is 1. The third-order valence-corrected chi connectivity index (χ3v) is 6.64. The second-order valence-electron chi connectivity index (χ2n) is 5.98. The summed E-state index contributed by atoms with van der Waals surface area (Å²) in [5.74, 6) is 1.26. The van der Waals surface area contributed by atoms with Gasteiger partial charge < -0.3 is 9.73 Å². The Bertz CT molecular complexity index is 1020. The van der Waals surface area contributed by atoms with Crippen LogP contribution in [0.5, 0.6) is 0 Å². The van der Waals surface area contributed by atoms with E-state index in [0.717, 1.165) is 5.76 Å².